The van der Waals surface area contributed by atoms with Crippen LogP contribution in [0.3, 0.4) is 0 Å². The lowest BCUT2D eigenvalue weighted by molar-refractivity contribution is -0.120. The number of nitrogens with one attached hydrogen (secondary N) is 1. The van der Waals surface area contributed by atoms with E-state index in [4.69, 9.17) is 5.73 Å². The Hall–Kier alpha value is -3.75. The number of aromatic nitrogens is 4. The Bertz CT molecular complexity index is 1090. The van der Waals surface area contributed by atoms with Crippen LogP contribution in [-0.2, 0) is 4.79 Å². The SMILES string of the molecule is Cc1cc(C)n(-c2cc(N3CC(C(=O)Nc4ccccc4C(N)=O)C3)ncn2)n1. The topological polar surface area (TPSA) is 119 Å². The Balaban J connectivity index is 1.43. The maximum Gasteiger partial charge on any atom is 0.250 e. The molecule has 9 nitrogen and oxygen atoms in total. The predicted octanol–water partition coefficient (Wildman–Crippen LogP) is 1.45. The number of carbonyl (C=O) groups excluding carboxylic acids is 2. The summed E-state index contributed by atoms with van der Waals surface area (Å²) in [6.45, 7) is 4.95. The first-order valence-electron chi connectivity index (χ1n) is 9.22. The lowest BCUT2D eigenvalue weighted by Crippen LogP contribution is -2.52. The van der Waals surface area contributed by atoms with Gasteiger partial charge in [0.1, 0.15) is 12.1 Å². The number of nitrogens with two attached hydrogens (primary N) is 1. The van der Waals surface area contributed by atoms with Crippen LogP contribution in [0.25, 0.3) is 5.82 Å². The molecule has 29 heavy (non-hydrogen) atoms. The van der Waals surface area contributed by atoms with Crippen molar-refractivity contribution < 1.29 is 9.59 Å². The Morgan fingerprint density at radius 3 is 2.52 bits per heavy atom. The minimum atomic E-state index is -0.575. The molecule has 0 unspecified atom stereocenters. The molecule has 4 rings (SSSR count). The van der Waals surface area contributed by atoms with E-state index in [-0.39, 0.29) is 11.8 Å². The maximum absolute atomic E-state index is 12.5. The van der Waals surface area contributed by atoms with E-state index < -0.39 is 5.91 Å². The minimum absolute atomic E-state index is 0.150. The van der Waals surface area contributed by atoms with Crippen molar-refractivity contribution in [3.05, 3.63) is 59.7 Å². The quantitative estimate of drug-likeness (QED) is 0.679. The highest BCUT2D eigenvalue weighted by molar-refractivity contribution is 6.03. The van der Waals surface area contributed by atoms with E-state index >= 15 is 0 Å². The van der Waals surface area contributed by atoms with Gasteiger partial charge in [0.15, 0.2) is 5.82 Å². The fraction of sp³-hybridized carbons (Fsp3) is 0.250. The summed E-state index contributed by atoms with van der Waals surface area (Å²) in [4.78, 5) is 34.7. The molecule has 0 spiro atoms. The van der Waals surface area contributed by atoms with E-state index in [0.29, 0.717) is 30.2 Å². The van der Waals surface area contributed by atoms with Gasteiger partial charge in [-0.15, -0.1) is 0 Å². The van der Waals surface area contributed by atoms with Gasteiger partial charge in [0.2, 0.25) is 5.91 Å². The average molecular weight is 391 g/mol. The predicted molar refractivity (Wildman–Crippen MR) is 108 cm³/mol. The minimum Gasteiger partial charge on any atom is -0.366 e. The van der Waals surface area contributed by atoms with E-state index in [1.54, 1.807) is 28.9 Å². The van der Waals surface area contributed by atoms with Crippen molar-refractivity contribution >= 4 is 23.3 Å². The van der Waals surface area contributed by atoms with E-state index in [1.807, 2.05) is 30.9 Å². The van der Waals surface area contributed by atoms with Gasteiger partial charge in [-0.2, -0.15) is 5.10 Å². The van der Waals surface area contributed by atoms with E-state index in [2.05, 4.69) is 20.4 Å². The number of hydrogen-bond donors (Lipinski definition) is 2. The van der Waals surface area contributed by atoms with Crippen molar-refractivity contribution in [2.75, 3.05) is 23.3 Å². The maximum atomic E-state index is 12.5. The zero-order valence-electron chi connectivity index (χ0n) is 16.2. The number of para-hydroxylation sites is 1. The van der Waals surface area contributed by atoms with Crippen molar-refractivity contribution in [3.63, 3.8) is 0 Å². The van der Waals surface area contributed by atoms with Gasteiger partial charge in [-0.1, -0.05) is 12.1 Å². The number of nitrogens with zero attached hydrogens (tertiary/aromatic N) is 5. The number of aryl methyl sites for hydroxylation is 2. The van der Waals surface area contributed by atoms with Crippen molar-refractivity contribution in [2.24, 2.45) is 11.7 Å². The number of benzene rings is 1. The van der Waals surface area contributed by atoms with Crippen molar-refractivity contribution in [1.82, 2.24) is 19.7 Å². The highest BCUT2D eigenvalue weighted by Crippen LogP contribution is 2.25. The zero-order chi connectivity index (χ0) is 20.5. The molecule has 1 aliphatic heterocycles. The average Bonchev–Trinajstić information content (AvgIpc) is 2.99. The van der Waals surface area contributed by atoms with Gasteiger partial charge in [-0.05, 0) is 32.0 Å². The standard InChI is InChI=1S/C20H21N7O2/c1-12-7-13(2)27(25-12)18-8-17(22-11-23-18)26-9-14(10-26)20(29)24-16-6-4-3-5-15(16)19(21)28/h3-8,11,14H,9-10H2,1-2H3,(H2,21,28)(H,24,29). The first-order chi connectivity index (χ1) is 13.9. The number of rotatable bonds is 5. The number of hydrogen-bond acceptors (Lipinski definition) is 6. The summed E-state index contributed by atoms with van der Waals surface area (Å²) < 4.78 is 1.77. The second-order valence-corrected chi connectivity index (χ2v) is 7.07. The molecule has 0 bridgehead atoms. The second-order valence-electron chi connectivity index (χ2n) is 7.07. The number of carbonyl (C=O) groups is 2. The van der Waals surface area contributed by atoms with Crippen molar-refractivity contribution in [1.29, 1.82) is 0 Å². The first kappa shape index (κ1) is 18.6. The number of primary amides is 1. The molecule has 1 saturated heterocycles. The molecular formula is C20H21N7O2. The summed E-state index contributed by atoms with van der Waals surface area (Å²) in [6, 6.07) is 10.5. The van der Waals surface area contributed by atoms with Gasteiger partial charge in [-0.3, -0.25) is 9.59 Å². The monoisotopic (exact) mass is 391 g/mol. The van der Waals surface area contributed by atoms with Gasteiger partial charge in [0, 0.05) is 24.8 Å². The third-order valence-corrected chi connectivity index (χ3v) is 4.89. The summed E-state index contributed by atoms with van der Waals surface area (Å²) in [7, 11) is 0. The van der Waals surface area contributed by atoms with Crippen molar-refractivity contribution in [3.8, 4) is 5.82 Å². The van der Waals surface area contributed by atoms with Crippen LogP contribution in [0.5, 0.6) is 0 Å². The normalized spacial score (nSPS) is 13.8. The fourth-order valence-corrected chi connectivity index (χ4v) is 3.36. The van der Waals surface area contributed by atoms with Crippen LogP contribution in [0.15, 0.2) is 42.7 Å². The summed E-state index contributed by atoms with van der Waals surface area (Å²) in [5.74, 6) is 0.493. The van der Waals surface area contributed by atoms with Crippen LogP contribution < -0.4 is 16.0 Å². The molecule has 2 aromatic heterocycles. The summed E-state index contributed by atoms with van der Waals surface area (Å²) in [5.41, 5.74) is 7.99. The molecule has 9 heteroatoms. The Labute approximate surface area is 167 Å². The molecule has 0 atom stereocenters. The van der Waals surface area contributed by atoms with Gasteiger partial charge in [0.05, 0.1) is 22.9 Å². The van der Waals surface area contributed by atoms with Crippen LogP contribution in [0.2, 0.25) is 0 Å². The molecule has 3 N–H and O–H groups in total. The van der Waals surface area contributed by atoms with Gasteiger partial charge in [0.25, 0.3) is 5.91 Å². The van der Waals surface area contributed by atoms with Crippen molar-refractivity contribution in [2.45, 2.75) is 13.8 Å². The fourth-order valence-electron chi connectivity index (χ4n) is 3.36. The number of anilines is 2. The Kier molecular flexibility index (Phi) is 4.71. The summed E-state index contributed by atoms with van der Waals surface area (Å²) >= 11 is 0. The molecular weight excluding hydrogens is 370 g/mol. The van der Waals surface area contributed by atoms with Crippen LogP contribution in [0.4, 0.5) is 11.5 Å². The molecule has 1 aliphatic rings. The largest absolute Gasteiger partial charge is 0.366 e. The first-order valence-corrected chi connectivity index (χ1v) is 9.22. The van der Waals surface area contributed by atoms with Gasteiger partial charge in [-0.25, -0.2) is 14.6 Å². The van der Waals surface area contributed by atoms with Crippen LogP contribution in [-0.4, -0.2) is 44.7 Å². The van der Waals surface area contributed by atoms with E-state index in [0.717, 1.165) is 17.2 Å². The molecule has 2 amide bonds. The summed E-state index contributed by atoms with van der Waals surface area (Å²) in [5, 5.41) is 7.24. The third kappa shape index (κ3) is 3.66. The molecule has 3 heterocycles. The second kappa shape index (κ2) is 7.34. The Morgan fingerprint density at radius 2 is 1.83 bits per heavy atom. The molecule has 3 aromatic rings. The zero-order valence-corrected chi connectivity index (χ0v) is 16.2. The summed E-state index contributed by atoms with van der Waals surface area (Å²) in [6.07, 6.45) is 1.50. The van der Waals surface area contributed by atoms with Crippen LogP contribution in [0.1, 0.15) is 21.7 Å². The smallest absolute Gasteiger partial charge is 0.250 e. The molecule has 0 radical (unpaired) electrons. The number of amides is 2. The highest BCUT2D eigenvalue weighted by Gasteiger charge is 2.34. The molecule has 0 aliphatic carbocycles. The third-order valence-electron chi connectivity index (χ3n) is 4.89. The van der Waals surface area contributed by atoms with Gasteiger partial charge < -0.3 is 16.0 Å². The Morgan fingerprint density at radius 1 is 1.10 bits per heavy atom. The molecule has 1 fully saturated rings. The van der Waals surface area contributed by atoms with E-state index in [1.165, 1.54) is 6.33 Å². The molecule has 0 saturated carbocycles. The van der Waals surface area contributed by atoms with Crippen LogP contribution >= 0.6 is 0 Å². The van der Waals surface area contributed by atoms with E-state index in [9.17, 15) is 9.59 Å². The molecule has 1 aromatic carbocycles. The highest BCUT2D eigenvalue weighted by atomic mass is 16.2. The van der Waals surface area contributed by atoms with Crippen LogP contribution in [0, 0.1) is 19.8 Å². The lowest BCUT2D eigenvalue weighted by atomic mass is 9.98. The van der Waals surface area contributed by atoms with Gasteiger partial charge >= 0.3 is 0 Å². The lowest BCUT2D eigenvalue weighted by Gasteiger charge is -2.39. The molecule has 148 valence electrons.